The number of alkyl halides is 1. The number of halogens is 1. The molecule has 1 rings (SSSR count). The van der Waals surface area contributed by atoms with Crippen LogP contribution in [-0.2, 0) is 18.8 Å². The van der Waals surface area contributed by atoms with Gasteiger partial charge in [0.25, 0.3) is 0 Å². The molecule has 0 aliphatic rings. The van der Waals surface area contributed by atoms with Crippen LogP contribution in [0.3, 0.4) is 0 Å². The van der Waals surface area contributed by atoms with E-state index in [0.717, 1.165) is 24.6 Å². The molecule has 0 spiro atoms. The summed E-state index contributed by atoms with van der Waals surface area (Å²) >= 11 is 5.77. The van der Waals surface area contributed by atoms with Crippen LogP contribution in [0.2, 0.25) is 0 Å². The minimum absolute atomic E-state index is 0.240. The van der Waals surface area contributed by atoms with Gasteiger partial charge in [0.2, 0.25) is 0 Å². The molecule has 0 radical (unpaired) electrons. The highest BCUT2D eigenvalue weighted by molar-refractivity contribution is 6.16. The van der Waals surface area contributed by atoms with Crippen LogP contribution in [0.5, 0.6) is 0 Å². The highest BCUT2D eigenvalue weighted by Crippen LogP contribution is 2.20. The van der Waals surface area contributed by atoms with Gasteiger partial charge in [-0.3, -0.25) is 0 Å². The van der Waals surface area contributed by atoms with E-state index in [1.807, 2.05) is 0 Å². The fourth-order valence-electron chi connectivity index (χ4n) is 1.44. The normalized spacial score (nSPS) is 12.1. The Bertz CT molecular complexity index is 299. The molecule has 80 valence electrons. The van der Waals surface area contributed by atoms with E-state index in [9.17, 15) is 0 Å². The first-order valence-corrected chi connectivity index (χ1v) is 5.48. The second-order valence-corrected chi connectivity index (χ2v) is 4.92. The molecule has 0 saturated carbocycles. The second-order valence-electron chi connectivity index (χ2n) is 4.65. The van der Waals surface area contributed by atoms with E-state index in [1.54, 1.807) is 0 Å². The second kappa shape index (κ2) is 4.30. The molecule has 4 heteroatoms. The smallest absolute Gasteiger partial charge is 0.147 e. The van der Waals surface area contributed by atoms with Crippen LogP contribution in [0.15, 0.2) is 0 Å². The Morgan fingerprint density at radius 3 is 2.21 bits per heavy atom. The molecule has 3 nitrogen and oxygen atoms in total. The summed E-state index contributed by atoms with van der Waals surface area (Å²) in [4.78, 5) is 0. The van der Waals surface area contributed by atoms with Crippen molar-refractivity contribution in [1.82, 2.24) is 14.8 Å². The molecule has 14 heavy (non-hydrogen) atoms. The number of hydrogen-bond acceptors (Lipinski definition) is 2. The Labute approximate surface area is 90.5 Å². The molecule has 0 bridgehead atoms. The maximum Gasteiger partial charge on any atom is 0.147 e. The van der Waals surface area contributed by atoms with Crippen molar-refractivity contribution in [3.8, 4) is 0 Å². The van der Waals surface area contributed by atoms with E-state index in [1.165, 1.54) is 0 Å². The summed E-state index contributed by atoms with van der Waals surface area (Å²) < 4.78 is 2.10. The highest BCUT2D eigenvalue weighted by atomic mass is 35.5. The van der Waals surface area contributed by atoms with Crippen molar-refractivity contribution < 1.29 is 0 Å². The Morgan fingerprint density at radius 2 is 1.79 bits per heavy atom. The predicted molar refractivity (Wildman–Crippen MR) is 58.4 cm³/mol. The number of hydrogen-bond donors (Lipinski definition) is 0. The summed E-state index contributed by atoms with van der Waals surface area (Å²) in [6.07, 6.45) is 0.935. The molecule has 0 unspecified atom stereocenters. The lowest BCUT2D eigenvalue weighted by molar-refractivity contribution is 0.391. The Hall–Kier alpha value is -0.570. The molecule has 0 atom stereocenters. The topological polar surface area (TPSA) is 30.7 Å². The van der Waals surface area contributed by atoms with Crippen molar-refractivity contribution in [2.75, 3.05) is 0 Å². The van der Waals surface area contributed by atoms with Gasteiger partial charge in [0.15, 0.2) is 0 Å². The minimum atomic E-state index is 0.240. The Kier molecular flexibility index (Phi) is 3.53. The quantitative estimate of drug-likeness (QED) is 0.726. The van der Waals surface area contributed by atoms with Gasteiger partial charge in [0, 0.05) is 13.0 Å². The molecule has 0 N–H and O–H groups in total. The molecule has 0 aliphatic heterocycles. The van der Waals surface area contributed by atoms with Crippen molar-refractivity contribution in [2.45, 2.75) is 46.5 Å². The van der Waals surface area contributed by atoms with Crippen molar-refractivity contribution in [2.24, 2.45) is 5.41 Å². The summed E-state index contributed by atoms with van der Waals surface area (Å²) in [6, 6.07) is 0. The van der Waals surface area contributed by atoms with Crippen molar-refractivity contribution in [3.63, 3.8) is 0 Å². The molecular formula is C10H18ClN3. The van der Waals surface area contributed by atoms with Gasteiger partial charge in [-0.2, -0.15) is 0 Å². The Morgan fingerprint density at radius 1 is 1.21 bits per heavy atom. The first kappa shape index (κ1) is 11.5. The minimum Gasteiger partial charge on any atom is -0.314 e. The van der Waals surface area contributed by atoms with E-state index in [-0.39, 0.29) is 5.41 Å². The van der Waals surface area contributed by atoms with Crippen molar-refractivity contribution >= 4 is 11.6 Å². The lowest BCUT2D eigenvalue weighted by atomic mass is 9.92. The van der Waals surface area contributed by atoms with Gasteiger partial charge in [-0.05, 0) is 12.3 Å². The zero-order chi connectivity index (χ0) is 10.8. The van der Waals surface area contributed by atoms with Crippen LogP contribution >= 0.6 is 11.6 Å². The van der Waals surface area contributed by atoms with E-state index in [0.29, 0.717) is 5.88 Å². The Balaban J connectivity index is 2.92. The molecule has 0 aromatic carbocycles. The first-order valence-electron chi connectivity index (χ1n) is 4.95. The number of nitrogens with zero attached hydrogens (tertiary/aromatic N) is 3. The predicted octanol–water partition coefficient (Wildman–Crippen LogP) is 2.63. The van der Waals surface area contributed by atoms with Gasteiger partial charge in [-0.25, -0.2) is 0 Å². The van der Waals surface area contributed by atoms with E-state index in [2.05, 4.69) is 42.5 Å². The zero-order valence-electron chi connectivity index (χ0n) is 9.34. The summed E-state index contributed by atoms with van der Waals surface area (Å²) in [5.74, 6) is 2.34. The van der Waals surface area contributed by atoms with Gasteiger partial charge >= 0.3 is 0 Å². The van der Waals surface area contributed by atoms with E-state index < -0.39 is 0 Å². The third-order valence-corrected chi connectivity index (χ3v) is 2.27. The summed E-state index contributed by atoms with van der Waals surface area (Å²) in [5, 5.41) is 8.24. The SMILES string of the molecule is CCn1c(CCl)nnc1CC(C)(C)C. The van der Waals surface area contributed by atoms with Gasteiger partial charge < -0.3 is 4.57 Å². The monoisotopic (exact) mass is 215 g/mol. The van der Waals surface area contributed by atoms with Gasteiger partial charge in [-0.15, -0.1) is 21.8 Å². The molecular weight excluding hydrogens is 198 g/mol. The van der Waals surface area contributed by atoms with Crippen molar-refractivity contribution in [3.05, 3.63) is 11.6 Å². The van der Waals surface area contributed by atoms with Crippen LogP contribution in [0, 0.1) is 5.41 Å². The summed E-state index contributed by atoms with van der Waals surface area (Å²) in [7, 11) is 0. The lowest BCUT2D eigenvalue weighted by Gasteiger charge is -2.17. The molecule has 1 aromatic heterocycles. The number of aromatic nitrogens is 3. The van der Waals surface area contributed by atoms with Gasteiger partial charge in [0.1, 0.15) is 11.6 Å². The molecule has 0 saturated heterocycles. The largest absolute Gasteiger partial charge is 0.314 e. The molecule has 0 aliphatic carbocycles. The summed E-state index contributed by atoms with van der Waals surface area (Å²) in [5.41, 5.74) is 0.240. The molecule has 1 heterocycles. The molecule has 1 aromatic rings. The van der Waals surface area contributed by atoms with Gasteiger partial charge in [-0.1, -0.05) is 20.8 Å². The highest BCUT2D eigenvalue weighted by Gasteiger charge is 2.17. The maximum atomic E-state index is 5.77. The van der Waals surface area contributed by atoms with E-state index >= 15 is 0 Å². The average Bonchev–Trinajstić information content (AvgIpc) is 2.43. The number of rotatable bonds is 3. The third-order valence-electron chi connectivity index (χ3n) is 2.03. The van der Waals surface area contributed by atoms with Crippen LogP contribution < -0.4 is 0 Å². The first-order chi connectivity index (χ1) is 6.48. The molecule has 0 fully saturated rings. The summed E-state index contributed by atoms with van der Waals surface area (Å²) in [6.45, 7) is 9.57. The van der Waals surface area contributed by atoms with Crippen LogP contribution in [0.4, 0.5) is 0 Å². The lowest BCUT2D eigenvalue weighted by Crippen LogP contribution is -2.14. The van der Waals surface area contributed by atoms with Crippen LogP contribution in [-0.4, -0.2) is 14.8 Å². The zero-order valence-corrected chi connectivity index (χ0v) is 10.1. The van der Waals surface area contributed by atoms with E-state index in [4.69, 9.17) is 11.6 Å². The van der Waals surface area contributed by atoms with Gasteiger partial charge in [0.05, 0.1) is 5.88 Å². The van der Waals surface area contributed by atoms with Crippen LogP contribution in [0.25, 0.3) is 0 Å². The fourth-order valence-corrected chi connectivity index (χ4v) is 1.64. The standard InChI is InChI=1S/C10H18ClN3/c1-5-14-8(6-10(2,3)4)12-13-9(14)7-11/h5-7H2,1-4H3. The molecule has 0 amide bonds. The maximum absolute atomic E-state index is 5.77. The fraction of sp³-hybridized carbons (Fsp3) is 0.800. The average molecular weight is 216 g/mol. The van der Waals surface area contributed by atoms with Crippen molar-refractivity contribution in [1.29, 1.82) is 0 Å². The third kappa shape index (κ3) is 2.71. The van der Waals surface area contributed by atoms with Crippen LogP contribution in [0.1, 0.15) is 39.3 Å².